The van der Waals surface area contributed by atoms with Gasteiger partial charge in [-0.2, -0.15) is 0 Å². The largest absolute Gasteiger partial charge is 0.493 e. The normalized spacial score (nSPS) is 14.7. The Balaban J connectivity index is 1.64. The Hall–Kier alpha value is -3.86. The highest BCUT2D eigenvalue weighted by atomic mass is 79.9. The van der Waals surface area contributed by atoms with Crippen LogP contribution in [0, 0.1) is 0 Å². The maximum atomic E-state index is 14.1. The molecule has 0 bridgehead atoms. The summed E-state index contributed by atoms with van der Waals surface area (Å²) in [6, 6.07) is 17.6. The van der Waals surface area contributed by atoms with E-state index >= 15 is 0 Å². The smallest absolute Gasteiger partial charge is 0.338 e. The van der Waals surface area contributed by atoms with E-state index in [1.54, 1.807) is 32.1 Å². The van der Waals surface area contributed by atoms with Gasteiger partial charge in [-0.15, -0.1) is 0 Å². The first kappa shape index (κ1) is 30.6. The van der Waals surface area contributed by atoms with Crippen LogP contribution >= 0.6 is 38.9 Å². The van der Waals surface area contributed by atoms with Gasteiger partial charge in [0.15, 0.2) is 16.3 Å². The molecule has 0 fully saturated rings. The first-order valence-electron chi connectivity index (χ1n) is 13.3. The molecule has 3 aromatic carbocycles. The maximum absolute atomic E-state index is 14.1. The number of rotatable bonds is 9. The van der Waals surface area contributed by atoms with Crippen molar-refractivity contribution in [3.63, 3.8) is 0 Å². The molecule has 8 nitrogen and oxygen atoms in total. The fourth-order valence-corrected chi connectivity index (χ4v) is 6.48. The van der Waals surface area contributed by atoms with Crippen molar-refractivity contribution >= 4 is 50.9 Å². The first-order chi connectivity index (χ1) is 20.7. The number of allylic oxidation sites excluding steroid dienone is 1. The molecule has 222 valence electrons. The van der Waals surface area contributed by atoms with Crippen molar-refractivity contribution in [2.24, 2.45) is 4.99 Å². The summed E-state index contributed by atoms with van der Waals surface area (Å²) in [6.07, 6.45) is 1.78. The molecule has 2 heterocycles. The topological polar surface area (TPSA) is 88.4 Å². The van der Waals surface area contributed by atoms with Crippen LogP contribution < -0.4 is 29.1 Å². The predicted octanol–water partition coefficient (Wildman–Crippen LogP) is 5.81. The van der Waals surface area contributed by atoms with E-state index in [0.717, 1.165) is 11.1 Å². The van der Waals surface area contributed by atoms with Crippen LogP contribution in [0.3, 0.4) is 0 Å². The summed E-state index contributed by atoms with van der Waals surface area (Å²) in [5.74, 6) is 1.02. The van der Waals surface area contributed by atoms with Crippen LogP contribution in [0.4, 0.5) is 0 Å². The molecule has 1 atom stereocenters. The Morgan fingerprint density at radius 3 is 2.47 bits per heavy atom. The van der Waals surface area contributed by atoms with Gasteiger partial charge >= 0.3 is 5.97 Å². The minimum atomic E-state index is -0.831. The van der Waals surface area contributed by atoms with Gasteiger partial charge in [-0.3, -0.25) is 9.36 Å². The number of thiazole rings is 1. The number of ether oxygens (including phenoxy) is 4. The molecular formula is C32H28BrClN2O6S. The lowest BCUT2D eigenvalue weighted by Gasteiger charge is -2.26. The lowest BCUT2D eigenvalue weighted by atomic mass is 9.95. The van der Waals surface area contributed by atoms with Gasteiger partial charge in [-0.25, -0.2) is 9.79 Å². The van der Waals surface area contributed by atoms with E-state index in [-0.39, 0.29) is 17.7 Å². The van der Waals surface area contributed by atoms with Gasteiger partial charge in [0.05, 0.1) is 42.7 Å². The Bertz CT molecular complexity index is 1900. The highest BCUT2D eigenvalue weighted by molar-refractivity contribution is 9.10. The van der Waals surface area contributed by atoms with E-state index in [4.69, 9.17) is 30.5 Å². The summed E-state index contributed by atoms with van der Waals surface area (Å²) >= 11 is 10.9. The number of para-hydroxylation sites is 1. The van der Waals surface area contributed by atoms with Gasteiger partial charge in [0.2, 0.25) is 0 Å². The van der Waals surface area contributed by atoms with Crippen LogP contribution in [0.25, 0.3) is 6.08 Å². The Morgan fingerprint density at radius 1 is 1.07 bits per heavy atom. The fourth-order valence-electron chi connectivity index (χ4n) is 4.78. The van der Waals surface area contributed by atoms with E-state index in [1.807, 2.05) is 48.5 Å². The van der Waals surface area contributed by atoms with Gasteiger partial charge in [0, 0.05) is 15.1 Å². The minimum Gasteiger partial charge on any atom is -0.493 e. The molecule has 1 aliphatic heterocycles. The lowest BCUT2D eigenvalue weighted by molar-refractivity contribution is -0.139. The van der Waals surface area contributed by atoms with Gasteiger partial charge in [-0.1, -0.05) is 69.2 Å². The molecule has 0 amide bonds. The number of nitrogens with zero attached hydrogens (tertiary/aromatic N) is 2. The second-order valence-electron chi connectivity index (χ2n) is 9.48. The van der Waals surface area contributed by atoms with Gasteiger partial charge < -0.3 is 18.9 Å². The number of fused-ring (bicyclic) bond motifs is 1. The van der Waals surface area contributed by atoms with Crippen LogP contribution in [0.5, 0.6) is 17.2 Å². The number of aromatic nitrogens is 1. The van der Waals surface area contributed by atoms with Crippen molar-refractivity contribution in [3.8, 4) is 17.2 Å². The number of carbonyl (C=O) groups is 1. The third kappa shape index (κ3) is 6.27. The standard InChI is InChI=1S/C32H28BrClN2O6S/c1-5-41-31(38)28-18(2)35-32-36(29(28)22-15-25(39-3)26(40-4)16-23(22)33)30(37)27(43-32)14-20-8-6-7-9-24(20)42-17-19-10-12-21(34)13-11-19/h6-16,29H,5,17H2,1-4H3/b27-14+/t29-/m0/s1. The zero-order valence-corrected chi connectivity index (χ0v) is 27.0. The summed E-state index contributed by atoms with van der Waals surface area (Å²) in [7, 11) is 3.07. The Morgan fingerprint density at radius 2 is 1.77 bits per heavy atom. The molecule has 0 spiro atoms. The van der Waals surface area contributed by atoms with Crippen molar-refractivity contribution < 1.29 is 23.7 Å². The number of benzene rings is 3. The molecule has 0 N–H and O–H groups in total. The third-order valence-electron chi connectivity index (χ3n) is 6.83. The van der Waals surface area contributed by atoms with E-state index in [1.165, 1.54) is 30.1 Å². The van der Waals surface area contributed by atoms with Crippen molar-refractivity contribution in [1.82, 2.24) is 4.57 Å². The van der Waals surface area contributed by atoms with E-state index < -0.39 is 12.0 Å². The van der Waals surface area contributed by atoms with Gasteiger partial charge in [0.25, 0.3) is 5.56 Å². The van der Waals surface area contributed by atoms with Gasteiger partial charge in [0.1, 0.15) is 12.4 Å². The number of halogens is 2. The molecule has 1 aliphatic rings. The molecule has 0 unspecified atom stereocenters. The Labute approximate surface area is 265 Å². The average molecular weight is 684 g/mol. The predicted molar refractivity (Wildman–Crippen MR) is 170 cm³/mol. The van der Waals surface area contributed by atoms with Crippen molar-refractivity contribution in [2.75, 3.05) is 20.8 Å². The lowest BCUT2D eigenvalue weighted by Crippen LogP contribution is -2.40. The maximum Gasteiger partial charge on any atom is 0.338 e. The third-order valence-corrected chi connectivity index (χ3v) is 8.75. The quantitative estimate of drug-likeness (QED) is 0.207. The summed E-state index contributed by atoms with van der Waals surface area (Å²) in [5.41, 5.74) is 2.73. The number of hydrogen-bond donors (Lipinski definition) is 0. The molecule has 0 aliphatic carbocycles. The number of esters is 1. The van der Waals surface area contributed by atoms with E-state index in [0.29, 0.717) is 53.9 Å². The van der Waals surface area contributed by atoms with Crippen LogP contribution in [0.2, 0.25) is 5.02 Å². The molecule has 11 heteroatoms. The summed E-state index contributed by atoms with van der Waals surface area (Å²) in [4.78, 5) is 32.5. The highest BCUT2D eigenvalue weighted by Gasteiger charge is 2.35. The molecule has 43 heavy (non-hydrogen) atoms. The van der Waals surface area contributed by atoms with Crippen LogP contribution in [-0.2, 0) is 16.1 Å². The minimum absolute atomic E-state index is 0.173. The number of carbonyl (C=O) groups excluding carboxylic acids is 1. The molecule has 1 aromatic heterocycles. The SMILES string of the molecule is CCOC(=O)C1=C(C)N=c2s/c(=C/c3ccccc3OCc3ccc(Cl)cc3)c(=O)n2[C@H]1c1cc(OC)c(OC)cc1Br. The van der Waals surface area contributed by atoms with Crippen LogP contribution in [-0.4, -0.2) is 31.4 Å². The average Bonchev–Trinajstić information content (AvgIpc) is 3.30. The molecule has 0 saturated heterocycles. The molecule has 0 saturated carbocycles. The van der Waals surface area contributed by atoms with Crippen LogP contribution in [0.15, 0.2) is 86.2 Å². The van der Waals surface area contributed by atoms with E-state index in [2.05, 4.69) is 20.9 Å². The van der Waals surface area contributed by atoms with Crippen molar-refractivity contribution in [2.45, 2.75) is 26.5 Å². The van der Waals surface area contributed by atoms with Crippen molar-refractivity contribution in [3.05, 3.63) is 118 Å². The van der Waals surface area contributed by atoms with Crippen LogP contribution in [0.1, 0.15) is 36.6 Å². The first-order valence-corrected chi connectivity index (χ1v) is 15.3. The van der Waals surface area contributed by atoms with E-state index in [9.17, 15) is 9.59 Å². The second kappa shape index (κ2) is 13.2. The zero-order valence-electron chi connectivity index (χ0n) is 23.9. The number of hydrogen-bond acceptors (Lipinski definition) is 8. The zero-order chi connectivity index (χ0) is 30.7. The fraction of sp³-hybridized carbons (Fsp3) is 0.219. The molecular weight excluding hydrogens is 656 g/mol. The Kier molecular flexibility index (Phi) is 9.39. The summed E-state index contributed by atoms with van der Waals surface area (Å²) < 4.78 is 25.1. The molecule has 5 rings (SSSR count). The summed E-state index contributed by atoms with van der Waals surface area (Å²) in [6.45, 7) is 3.98. The highest BCUT2D eigenvalue weighted by Crippen LogP contribution is 2.40. The van der Waals surface area contributed by atoms with Gasteiger partial charge in [-0.05, 0) is 61.4 Å². The number of methoxy groups -OCH3 is 2. The second-order valence-corrected chi connectivity index (χ2v) is 11.8. The summed E-state index contributed by atoms with van der Waals surface area (Å²) in [5, 5.41) is 0.652. The van der Waals surface area contributed by atoms with Crippen molar-refractivity contribution in [1.29, 1.82) is 0 Å². The molecule has 4 aromatic rings. The monoisotopic (exact) mass is 682 g/mol. The molecule has 0 radical (unpaired) electrons.